The third kappa shape index (κ3) is 4.10. The molecule has 0 aromatic heterocycles. The number of hydrogen-bond donors (Lipinski definition) is 1. The van der Waals surface area contributed by atoms with Gasteiger partial charge in [-0.3, -0.25) is 0 Å². The Bertz CT molecular complexity index is 758. The number of nitrogens with zero attached hydrogens (tertiary/aromatic N) is 1. The first-order chi connectivity index (χ1) is 12.8. The molecule has 0 saturated carbocycles. The third-order valence-electron chi connectivity index (χ3n) is 5.15. The van der Waals surface area contributed by atoms with Gasteiger partial charge in [-0.05, 0) is 60.7 Å². The number of nitrogens with one attached hydrogen (secondary N) is 1. The van der Waals surface area contributed by atoms with Gasteiger partial charge in [0.05, 0.1) is 0 Å². The number of likely N-dealkylation sites (tertiary alicyclic amines) is 1. The lowest BCUT2D eigenvalue weighted by Crippen LogP contribution is -2.44. The quantitative estimate of drug-likeness (QED) is 0.832. The standard InChI is InChI=1S/C21H24N2O2S/c26-21(22-14-18-6-7-19-20(13-18)25-15-24-19)23-10-8-17(9-11-23)12-16-4-2-1-3-5-16/h1-7,13,17H,8-12,14-15H2,(H,22,26). The number of fused-ring (bicyclic) bond motifs is 1. The van der Waals surface area contributed by atoms with E-state index in [1.165, 1.54) is 24.8 Å². The van der Waals surface area contributed by atoms with Gasteiger partial charge in [0, 0.05) is 19.6 Å². The second-order valence-corrected chi connectivity index (χ2v) is 7.35. The van der Waals surface area contributed by atoms with Crippen molar-refractivity contribution in [2.24, 2.45) is 5.92 Å². The monoisotopic (exact) mass is 368 g/mol. The maximum absolute atomic E-state index is 5.60. The molecule has 1 N–H and O–H groups in total. The summed E-state index contributed by atoms with van der Waals surface area (Å²) in [6.45, 7) is 3.08. The summed E-state index contributed by atoms with van der Waals surface area (Å²) in [5.41, 5.74) is 2.59. The molecular weight excluding hydrogens is 344 g/mol. The van der Waals surface area contributed by atoms with Gasteiger partial charge >= 0.3 is 0 Å². The van der Waals surface area contributed by atoms with Crippen LogP contribution in [0.4, 0.5) is 0 Å². The molecule has 26 heavy (non-hydrogen) atoms. The van der Waals surface area contributed by atoms with Crippen LogP contribution in [0.3, 0.4) is 0 Å². The fraction of sp³-hybridized carbons (Fsp3) is 0.381. The molecule has 0 unspecified atom stereocenters. The lowest BCUT2D eigenvalue weighted by atomic mass is 9.90. The molecule has 2 aromatic carbocycles. The van der Waals surface area contributed by atoms with Crippen molar-refractivity contribution in [1.29, 1.82) is 0 Å². The van der Waals surface area contributed by atoms with Crippen molar-refractivity contribution in [3.05, 3.63) is 59.7 Å². The van der Waals surface area contributed by atoms with Crippen molar-refractivity contribution in [1.82, 2.24) is 10.2 Å². The molecule has 0 atom stereocenters. The van der Waals surface area contributed by atoms with Crippen LogP contribution >= 0.6 is 12.2 Å². The van der Waals surface area contributed by atoms with E-state index in [-0.39, 0.29) is 0 Å². The van der Waals surface area contributed by atoms with Crippen LogP contribution in [0, 0.1) is 5.92 Å². The minimum absolute atomic E-state index is 0.308. The summed E-state index contributed by atoms with van der Waals surface area (Å²) in [5.74, 6) is 2.39. The maximum atomic E-state index is 5.60. The highest BCUT2D eigenvalue weighted by Gasteiger charge is 2.21. The molecule has 2 aliphatic rings. The van der Waals surface area contributed by atoms with E-state index in [0.29, 0.717) is 13.3 Å². The second kappa shape index (κ2) is 7.96. The summed E-state index contributed by atoms with van der Waals surface area (Å²) in [5, 5.41) is 4.23. The first-order valence-electron chi connectivity index (χ1n) is 9.23. The second-order valence-electron chi connectivity index (χ2n) is 6.97. The van der Waals surface area contributed by atoms with Gasteiger partial charge in [-0.15, -0.1) is 0 Å². The molecule has 2 aliphatic heterocycles. The van der Waals surface area contributed by atoms with Crippen molar-refractivity contribution in [2.75, 3.05) is 19.9 Å². The number of hydrogen-bond acceptors (Lipinski definition) is 3. The Kier molecular flexibility index (Phi) is 5.25. The summed E-state index contributed by atoms with van der Waals surface area (Å²) in [6, 6.07) is 16.8. The molecule has 2 heterocycles. The van der Waals surface area contributed by atoms with Gasteiger partial charge in [-0.2, -0.15) is 0 Å². The van der Waals surface area contributed by atoms with Crippen LogP contribution in [-0.2, 0) is 13.0 Å². The molecule has 0 aliphatic carbocycles. The average molecular weight is 369 g/mol. The van der Waals surface area contributed by atoms with Crippen LogP contribution in [0.25, 0.3) is 0 Å². The number of ether oxygens (including phenoxy) is 2. The van der Waals surface area contributed by atoms with E-state index in [1.54, 1.807) is 0 Å². The molecule has 0 spiro atoms. The average Bonchev–Trinajstić information content (AvgIpc) is 3.15. The molecule has 0 radical (unpaired) electrons. The molecule has 5 heteroatoms. The zero-order valence-electron chi connectivity index (χ0n) is 14.8. The molecule has 136 valence electrons. The van der Waals surface area contributed by atoms with Crippen molar-refractivity contribution < 1.29 is 9.47 Å². The van der Waals surface area contributed by atoms with Gasteiger partial charge in [0.15, 0.2) is 16.6 Å². The van der Waals surface area contributed by atoms with Gasteiger partial charge in [0.1, 0.15) is 0 Å². The number of piperidine rings is 1. The van der Waals surface area contributed by atoms with Gasteiger partial charge < -0.3 is 19.7 Å². The lowest BCUT2D eigenvalue weighted by Gasteiger charge is -2.34. The van der Waals surface area contributed by atoms with E-state index in [2.05, 4.69) is 46.6 Å². The first-order valence-corrected chi connectivity index (χ1v) is 9.64. The number of benzene rings is 2. The molecule has 4 nitrogen and oxygen atoms in total. The molecule has 1 fully saturated rings. The Hall–Kier alpha value is -2.27. The van der Waals surface area contributed by atoms with E-state index >= 15 is 0 Å². The van der Waals surface area contributed by atoms with Gasteiger partial charge in [-0.25, -0.2) is 0 Å². The number of thiocarbonyl (C=S) groups is 1. The SMILES string of the molecule is S=C(NCc1ccc2c(c1)OCO2)N1CCC(Cc2ccccc2)CC1. The molecule has 1 saturated heterocycles. The fourth-order valence-corrected chi connectivity index (χ4v) is 3.88. The van der Waals surface area contributed by atoms with Gasteiger partial charge in [-0.1, -0.05) is 36.4 Å². The highest BCUT2D eigenvalue weighted by molar-refractivity contribution is 7.80. The summed E-state index contributed by atoms with van der Waals surface area (Å²) in [4.78, 5) is 2.30. The first kappa shape index (κ1) is 17.2. The lowest BCUT2D eigenvalue weighted by molar-refractivity contribution is 0.174. The molecule has 4 rings (SSSR count). The highest BCUT2D eigenvalue weighted by Crippen LogP contribution is 2.32. The summed E-state index contributed by atoms with van der Waals surface area (Å²) in [6.07, 6.45) is 3.56. The molecule has 0 amide bonds. The van der Waals surface area contributed by atoms with Crippen LogP contribution in [-0.4, -0.2) is 29.9 Å². The summed E-state index contributed by atoms with van der Waals surface area (Å²) >= 11 is 5.60. The topological polar surface area (TPSA) is 33.7 Å². The van der Waals surface area contributed by atoms with Gasteiger partial charge in [0.2, 0.25) is 6.79 Å². The Morgan fingerprint density at radius 3 is 2.58 bits per heavy atom. The van der Waals surface area contributed by atoms with E-state index in [1.807, 2.05) is 12.1 Å². The Balaban J connectivity index is 1.23. The highest BCUT2D eigenvalue weighted by atomic mass is 32.1. The molecule has 0 bridgehead atoms. The Labute approximate surface area is 160 Å². The van der Waals surface area contributed by atoms with Gasteiger partial charge in [0.25, 0.3) is 0 Å². The Morgan fingerprint density at radius 2 is 1.77 bits per heavy atom. The molecular formula is C21H24N2O2S. The fourth-order valence-electron chi connectivity index (χ4n) is 3.63. The minimum atomic E-state index is 0.308. The normalized spacial score (nSPS) is 16.5. The number of rotatable bonds is 4. The minimum Gasteiger partial charge on any atom is -0.454 e. The van der Waals surface area contributed by atoms with Crippen LogP contribution in [0.2, 0.25) is 0 Å². The Morgan fingerprint density at radius 1 is 1.00 bits per heavy atom. The van der Waals surface area contributed by atoms with Crippen LogP contribution in [0.5, 0.6) is 11.5 Å². The van der Waals surface area contributed by atoms with Crippen molar-refractivity contribution >= 4 is 17.3 Å². The smallest absolute Gasteiger partial charge is 0.231 e. The van der Waals surface area contributed by atoms with Crippen molar-refractivity contribution in [3.8, 4) is 11.5 Å². The van der Waals surface area contributed by atoms with Crippen LogP contribution in [0.1, 0.15) is 24.0 Å². The summed E-state index contributed by atoms with van der Waals surface area (Å²) in [7, 11) is 0. The molecule has 2 aromatic rings. The van der Waals surface area contributed by atoms with Crippen molar-refractivity contribution in [3.63, 3.8) is 0 Å². The third-order valence-corrected chi connectivity index (χ3v) is 5.55. The predicted octanol–water partition coefficient (Wildman–Crippen LogP) is 3.74. The van der Waals surface area contributed by atoms with Crippen molar-refractivity contribution in [2.45, 2.75) is 25.8 Å². The van der Waals surface area contributed by atoms with E-state index < -0.39 is 0 Å². The largest absolute Gasteiger partial charge is 0.454 e. The van der Waals surface area contributed by atoms with Crippen LogP contribution < -0.4 is 14.8 Å². The van der Waals surface area contributed by atoms with E-state index in [4.69, 9.17) is 21.7 Å². The zero-order valence-corrected chi connectivity index (χ0v) is 15.6. The summed E-state index contributed by atoms with van der Waals surface area (Å²) < 4.78 is 10.8. The van der Waals surface area contributed by atoms with E-state index in [9.17, 15) is 0 Å². The zero-order chi connectivity index (χ0) is 17.8. The van der Waals surface area contributed by atoms with E-state index in [0.717, 1.165) is 41.2 Å². The van der Waals surface area contributed by atoms with Crippen LogP contribution in [0.15, 0.2) is 48.5 Å². The predicted molar refractivity (Wildman–Crippen MR) is 106 cm³/mol. The maximum Gasteiger partial charge on any atom is 0.231 e.